The minimum Gasteiger partial charge on any atom is -0.385 e. The molecule has 0 aromatic carbocycles. The van der Waals surface area contributed by atoms with Gasteiger partial charge in [0.1, 0.15) is 5.82 Å². The highest BCUT2D eigenvalue weighted by Crippen LogP contribution is 1.94. The molecule has 6 heteroatoms. The normalized spacial score (nSPS) is 11.0. The van der Waals surface area contributed by atoms with Gasteiger partial charge in [0, 0.05) is 25.7 Å². The number of nitrogen functional groups attached to an aromatic ring is 1. The maximum atomic E-state index is 11.9. The van der Waals surface area contributed by atoms with Crippen LogP contribution in [-0.2, 0) is 13.1 Å². The molecule has 0 amide bonds. The maximum Gasteiger partial charge on any atom is 0.332 e. The Kier molecular flexibility index (Phi) is 3.89. The van der Waals surface area contributed by atoms with E-state index in [1.54, 1.807) is 6.92 Å². The molecule has 0 unspecified atom stereocenters. The monoisotopic (exact) mass is 226 g/mol. The van der Waals surface area contributed by atoms with Crippen LogP contribution in [0.25, 0.3) is 0 Å². The molecular formula is C10H18N4O2. The summed E-state index contributed by atoms with van der Waals surface area (Å²) in [6.07, 6.45) is 0. The molecule has 1 rings (SSSR count). The third-order valence-electron chi connectivity index (χ3n) is 2.40. The summed E-state index contributed by atoms with van der Waals surface area (Å²) in [7, 11) is 3.83. The van der Waals surface area contributed by atoms with E-state index in [1.165, 1.54) is 15.2 Å². The summed E-state index contributed by atoms with van der Waals surface area (Å²) >= 11 is 0. The van der Waals surface area contributed by atoms with Crippen LogP contribution in [0.2, 0.25) is 0 Å². The van der Waals surface area contributed by atoms with Crippen molar-refractivity contribution in [3.63, 3.8) is 0 Å². The fraction of sp³-hybridized carbons (Fsp3) is 0.600. The molecular weight excluding hydrogens is 208 g/mol. The van der Waals surface area contributed by atoms with Gasteiger partial charge in [-0.25, -0.2) is 4.79 Å². The van der Waals surface area contributed by atoms with Gasteiger partial charge in [-0.1, -0.05) is 0 Å². The van der Waals surface area contributed by atoms with Crippen molar-refractivity contribution in [3.05, 3.63) is 26.9 Å². The van der Waals surface area contributed by atoms with Crippen LogP contribution in [0.5, 0.6) is 0 Å². The van der Waals surface area contributed by atoms with E-state index in [0.717, 1.165) is 0 Å². The Morgan fingerprint density at radius 1 is 1.31 bits per heavy atom. The Labute approximate surface area is 93.9 Å². The summed E-state index contributed by atoms with van der Waals surface area (Å²) in [6.45, 7) is 3.30. The SMILES string of the molecule is CCn1c(=O)cc(N)n(CCN(C)C)c1=O. The Hall–Kier alpha value is -1.56. The molecule has 6 nitrogen and oxygen atoms in total. The first-order valence-electron chi connectivity index (χ1n) is 5.22. The lowest BCUT2D eigenvalue weighted by atomic mass is 10.5. The van der Waals surface area contributed by atoms with Crippen LogP contribution in [0.4, 0.5) is 5.82 Å². The molecule has 2 N–H and O–H groups in total. The molecule has 1 aromatic heterocycles. The first-order valence-corrected chi connectivity index (χ1v) is 5.22. The molecule has 0 aliphatic carbocycles. The van der Waals surface area contributed by atoms with Gasteiger partial charge in [0.15, 0.2) is 0 Å². The van der Waals surface area contributed by atoms with Crippen molar-refractivity contribution in [2.24, 2.45) is 0 Å². The second kappa shape index (κ2) is 4.98. The zero-order valence-electron chi connectivity index (χ0n) is 9.93. The summed E-state index contributed by atoms with van der Waals surface area (Å²) in [4.78, 5) is 25.3. The number of anilines is 1. The van der Waals surface area contributed by atoms with Crippen molar-refractivity contribution in [1.29, 1.82) is 0 Å². The number of likely N-dealkylation sites (N-methyl/N-ethyl adjacent to an activating group) is 1. The lowest BCUT2D eigenvalue weighted by molar-refractivity contribution is 0.377. The molecule has 0 aliphatic heterocycles. The second-order valence-corrected chi connectivity index (χ2v) is 3.89. The predicted molar refractivity (Wildman–Crippen MR) is 63.6 cm³/mol. The van der Waals surface area contributed by atoms with E-state index >= 15 is 0 Å². The standard InChI is InChI=1S/C10H18N4O2/c1-4-13-9(15)7-8(11)14(10(13)16)6-5-12(2)3/h7H,4-6,11H2,1-3H3. The summed E-state index contributed by atoms with van der Waals surface area (Å²) in [5.41, 5.74) is 4.98. The zero-order valence-corrected chi connectivity index (χ0v) is 9.93. The van der Waals surface area contributed by atoms with Gasteiger partial charge in [-0.15, -0.1) is 0 Å². The number of nitrogens with two attached hydrogens (primary N) is 1. The van der Waals surface area contributed by atoms with Crippen LogP contribution in [-0.4, -0.2) is 34.7 Å². The molecule has 16 heavy (non-hydrogen) atoms. The minimum atomic E-state index is -0.342. The predicted octanol–water partition coefficient (Wildman–Crippen LogP) is -0.826. The molecule has 1 heterocycles. The smallest absolute Gasteiger partial charge is 0.332 e. The number of aromatic nitrogens is 2. The van der Waals surface area contributed by atoms with Crippen molar-refractivity contribution in [3.8, 4) is 0 Å². The quantitative estimate of drug-likeness (QED) is 0.727. The van der Waals surface area contributed by atoms with Crippen LogP contribution < -0.4 is 17.0 Å². The van der Waals surface area contributed by atoms with Crippen LogP contribution in [0, 0.1) is 0 Å². The highest BCUT2D eigenvalue weighted by atomic mass is 16.2. The Bertz CT molecular complexity index is 473. The molecule has 0 radical (unpaired) electrons. The summed E-state index contributed by atoms with van der Waals surface area (Å²) in [5.74, 6) is 0.224. The Morgan fingerprint density at radius 2 is 1.94 bits per heavy atom. The van der Waals surface area contributed by atoms with Gasteiger partial charge in [0.05, 0.1) is 0 Å². The summed E-state index contributed by atoms with van der Waals surface area (Å²) in [6, 6.07) is 1.29. The topological polar surface area (TPSA) is 73.3 Å². The van der Waals surface area contributed by atoms with Gasteiger partial charge in [-0.05, 0) is 21.0 Å². The average Bonchev–Trinajstić information content (AvgIpc) is 2.16. The molecule has 0 bridgehead atoms. The number of hydrogen-bond donors (Lipinski definition) is 1. The molecule has 0 spiro atoms. The molecule has 90 valence electrons. The van der Waals surface area contributed by atoms with Gasteiger partial charge >= 0.3 is 5.69 Å². The highest BCUT2D eigenvalue weighted by Gasteiger charge is 2.07. The lowest BCUT2D eigenvalue weighted by Gasteiger charge is -2.14. The van der Waals surface area contributed by atoms with E-state index in [1.807, 2.05) is 19.0 Å². The van der Waals surface area contributed by atoms with Crippen LogP contribution in [0.15, 0.2) is 15.7 Å². The van der Waals surface area contributed by atoms with Gasteiger partial charge in [-0.2, -0.15) is 0 Å². The molecule has 0 fully saturated rings. The molecule has 0 saturated carbocycles. The van der Waals surface area contributed by atoms with E-state index in [-0.39, 0.29) is 17.1 Å². The largest absolute Gasteiger partial charge is 0.385 e. The first-order chi connectivity index (χ1) is 7.47. The zero-order chi connectivity index (χ0) is 12.3. The number of nitrogens with zero attached hydrogens (tertiary/aromatic N) is 3. The average molecular weight is 226 g/mol. The minimum absolute atomic E-state index is 0.224. The Morgan fingerprint density at radius 3 is 2.44 bits per heavy atom. The van der Waals surface area contributed by atoms with E-state index in [2.05, 4.69) is 0 Å². The maximum absolute atomic E-state index is 11.9. The molecule has 0 saturated heterocycles. The van der Waals surface area contributed by atoms with Gasteiger partial charge in [0.25, 0.3) is 5.56 Å². The van der Waals surface area contributed by atoms with Crippen molar-refractivity contribution in [2.75, 3.05) is 26.4 Å². The van der Waals surface area contributed by atoms with Crippen LogP contribution in [0.1, 0.15) is 6.92 Å². The lowest BCUT2D eigenvalue weighted by Crippen LogP contribution is -2.41. The third-order valence-corrected chi connectivity index (χ3v) is 2.40. The van der Waals surface area contributed by atoms with Gasteiger partial charge in [-0.3, -0.25) is 13.9 Å². The second-order valence-electron chi connectivity index (χ2n) is 3.89. The van der Waals surface area contributed by atoms with Gasteiger partial charge in [0.2, 0.25) is 0 Å². The van der Waals surface area contributed by atoms with Gasteiger partial charge < -0.3 is 10.6 Å². The molecule has 1 aromatic rings. The highest BCUT2D eigenvalue weighted by molar-refractivity contribution is 5.26. The van der Waals surface area contributed by atoms with Crippen molar-refractivity contribution < 1.29 is 0 Å². The molecule has 0 aliphatic rings. The Balaban J connectivity index is 3.18. The number of hydrogen-bond acceptors (Lipinski definition) is 4. The first kappa shape index (κ1) is 12.5. The third kappa shape index (κ3) is 2.52. The van der Waals surface area contributed by atoms with Crippen LogP contribution in [0.3, 0.4) is 0 Å². The summed E-state index contributed by atoms with van der Waals surface area (Å²) in [5, 5.41) is 0. The van der Waals surface area contributed by atoms with Crippen molar-refractivity contribution >= 4 is 5.82 Å². The summed E-state index contributed by atoms with van der Waals surface area (Å²) < 4.78 is 2.59. The van der Waals surface area contributed by atoms with E-state index in [0.29, 0.717) is 19.6 Å². The molecule has 0 atom stereocenters. The van der Waals surface area contributed by atoms with E-state index in [4.69, 9.17) is 5.73 Å². The fourth-order valence-corrected chi connectivity index (χ4v) is 1.45. The van der Waals surface area contributed by atoms with E-state index in [9.17, 15) is 9.59 Å². The van der Waals surface area contributed by atoms with Crippen LogP contribution >= 0.6 is 0 Å². The van der Waals surface area contributed by atoms with Crippen molar-refractivity contribution in [1.82, 2.24) is 14.0 Å². The van der Waals surface area contributed by atoms with Crippen molar-refractivity contribution in [2.45, 2.75) is 20.0 Å². The number of rotatable bonds is 4. The fourth-order valence-electron chi connectivity index (χ4n) is 1.45. The van der Waals surface area contributed by atoms with E-state index < -0.39 is 0 Å².